The van der Waals surface area contributed by atoms with Crippen LogP contribution < -0.4 is 5.32 Å². The SMILES string of the molecule is CC(C)CNC(=O)C1CN(C(=O)c2ccc([N+](=O)[O-])o2)C1. The molecule has 0 unspecified atom stereocenters. The van der Waals surface area contributed by atoms with Gasteiger partial charge in [0, 0.05) is 19.6 Å². The van der Waals surface area contributed by atoms with Gasteiger partial charge in [-0.1, -0.05) is 13.8 Å². The van der Waals surface area contributed by atoms with Crippen LogP contribution in [-0.4, -0.2) is 41.3 Å². The zero-order chi connectivity index (χ0) is 15.6. The maximum Gasteiger partial charge on any atom is 0.433 e. The van der Waals surface area contributed by atoms with E-state index in [4.69, 9.17) is 4.42 Å². The van der Waals surface area contributed by atoms with E-state index < -0.39 is 16.7 Å². The van der Waals surface area contributed by atoms with Crippen LogP contribution in [-0.2, 0) is 4.79 Å². The van der Waals surface area contributed by atoms with Crippen LogP contribution in [0, 0.1) is 22.0 Å². The summed E-state index contributed by atoms with van der Waals surface area (Å²) in [5.41, 5.74) is 0. The zero-order valence-corrected chi connectivity index (χ0v) is 11.9. The first-order chi connectivity index (χ1) is 9.88. The third-order valence-electron chi connectivity index (χ3n) is 3.21. The van der Waals surface area contributed by atoms with E-state index in [0.29, 0.717) is 25.6 Å². The molecule has 2 amide bonds. The average molecular weight is 295 g/mol. The van der Waals surface area contributed by atoms with Crippen LogP contribution >= 0.6 is 0 Å². The molecule has 2 heterocycles. The number of amides is 2. The Labute approximate surface area is 121 Å². The van der Waals surface area contributed by atoms with Gasteiger partial charge in [-0.2, -0.15) is 0 Å². The Morgan fingerprint density at radius 1 is 1.48 bits per heavy atom. The van der Waals surface area contributed by atoms with E-state index in [2.05, 4.69) is 5.32 Å². The summed E-state index contributed by atoms with van der Waals surface area (Å²) in [6.45, 7) is 5.21. The monoisotopic (exact) mass is 295 g/mol. The normalized spacial score (nSPS) is 14.9. The van der Waals surface area contributed by atoms with Crippen LogP contribution in [0.2, 0.25) is 0 Å². The van der Waals surface area contributed by atoms with Crippen molar-refractivity contribution < 1.29 is 18.9 Å². The molecular formula is C13H17N3O5. The van der Waals surface area contributed by atoms with E-state index in [1.807, 2.05) is 13.8 Å². The van der Waals surface area contributed by atoms with Crippen molar-refractivity contribution >= 4 is 17.7 Å². The number of nitro groups is 1. The van der Waals surface area contributed by atoms with E-state index in [-0.39, 0.29) is 17.6 Å². The molecular weight excluding hydrogens is 278 g/mol. The van der Waals surface area contributed by atoms with Gasteiger partial charge in [0.05, 0.1) is 12.0 Å². The molecule has 21 heavy (non-hydrogen) atoms. The fraction of sp³-hybridized carbons (Fsp3) is 0.538. The van der Waals surface area contributed by atoms with Crippen molar-refractivity contribution in [2.45, 2.75) is 13.8 Å². The highest BCUT2D eigenvalue weighted by atomic mass is 16.6. The third-order valence-corrected chi connectivity index (χ3v) is 3.21. The summed E-state index contributed by atoms with van der Waals surface area (Å²) in [5.74, 6) is -0.907. The summed E-state index contributed by atoms with van der Waals surface area (Å²) < 4.78 is 4.85. The first-order valence-electron chi connectivity index (χ1n) is 6.69. The summed E-state index contributed by atoms with van der Waals surface area (Å²) in [6, 6.07) is 2.41. The second-order valence-electron chi connectivity index (χ2n) is 5.44. The molecule has 1 aliphatic rings. The summed E-state index contributed by atoms with van der Waals surface area (Å²) in [4.78, 5) is 35.0. The lowest BCUT2D eigenvalue weighted by Gasteiger charge is -2.37. The van der Waals surface area contributed by atoms with Gasteiger partial charge in [0.1, 0.15) is 4.92 Å². The van der Waals surface area contributed by atoms with Gasteiger partial charge in [-0.05, 0) is 12.0 Å². The molecule has 8 heteroatoms. The molecule has 0 spiro atoms. The van der Waals surface area contributed by atoms with Crippen LogP contribution in [0.25, 0.3) is 0 Å². The third kappa shape index (κ3) is 3.39. The molecule has 1 fully saturated rings. The van der Waals surface area contributed by atoms with Crippen molar-refractivity contribution in [2.24, 2.45) is 11.8 Å². The molecule has 8 nitrogen and oxygen atoms in total. The van der Waals surface area contributed by atoms with Crippen LogP contribution in [0.5, 0.6) is 0 Å². The van der Waals surface area contributed by atoms with Gasteiger partial charge in [0.2, 0.25) is 5.91 Å². The Bertz CT molecular complexity index is 560. The largest absolute Gasteiger partial charge is 0.433 e. The first kappa shape index (κ1) is 15.0. The Morgan fingerprint density at radius 2 is 2.14 bits per heavy atom. The quantitative estimate of drug-likeness (QED) is 0.645. The molecule has 1 aromatic heterocycles. The van der Waals surface area contributed by atoms with Crippen molar-refractivity contribution in [1.82, 2.24) is 10.2 Å². The lowest BCUT2D eigenvalue weighted by Crippen LogP contribution is -2.55. The van der Waals surface area contributed by atoms with Crippen LogP contribution in [0.3, 0.4) is 0 Å². The minimum absolute atomic E-state index is 0.0711. The molecule has 0 aromatic carbocycles. The van der Waals surface area contributed by atoms with Gasteiger partial charge in [-0.15, -0.1) is 0 Å². The fourth-order valence-corrected chi connectivity index (χ4v) is 1.96. The van der Waals surface area contributed by atoms with Gasteiger partial charge in [0.25, 0.3) is 5.91 Å². The van der Waals surface area contributed by atoms with E-state index in [9.17, 15) is 19.7 Å². The summed E-state index contributed by atoms with van der Waals surface area (Å²) in [5, 5.41) is 13.3. The number of likely N-dealkylation sites (tertiary alicyclic amines) is 1. The smallest absolute Gasteiger partial charge is 0.395 e. The van der Waals surface area contributed by atoms with Crippen molar-refractivity contribution in [2.75, 3.05) is 19.6 Å². The van der Waals surface area contributed by atoms with Crippen LogP contribution in [0.1, 0.15) is 24.4 Å². The van der Waals surface area contributed by atoms with E-state index in [1.165, 1.54) is 11.0 Å². The second-order valence-corrected chi connectivity index (χ2v) is 5.44. The number of hydrogen-bond acceptors (Lipinski definition) is 5. The summed E-state index contributed by atoms with van der Waals surface area (Å²) in [7, 11) is 0. The Balaban J connectivity index is 1.84. The minimum atomic E-state index is -0.699. The number of nitrogens with zero attached hydrogens (tertiary/aromatic N) is 2. The van der Waals surface area contributed by atoms with Crippen LogP contribution in [0.15, 0.2) is 16.5 Å². The molecule has 2 rings (SSSR count). The number of carbonyl (C=O) groups is 2. The molecule has 114 valence electrons. The number of furan rings is 1. The van der Waals surface area contributed by atoms with Crippen molar-refractivity contribution in [3.63, 3.8) is 0 Å². The number of nitrogens with one attached hydrogen (secondary N) is 1. The Hall–Kier alpha value is -2.38. The van der Waals surface area contributed by atoms with Crippen molar-refractivity contribution in [1.29, 1.82) is 0 Å². The average Bonchev–Trinajstić information content (AvgIpc) is 2.84. The number of rotatable bonds is 5. The molecule has 1 N–H and O–H groups in total. The van der Waals surface area contributed by atoms with E-state index in [0.717, 1.165) is 6.07 Å². The fourth-order valence-electron chi connectivity index (χ4n) is 1.96. The molecule has 1 aromatic rings. The van der Waals surface area contributed by atoms with Gasteiger partial charge in [-0.25, -0.2) is 0 Å². The Kier molecular flexibility index (Phi) is 4.25. The number of hydrogen-bond donors (Lipinski definition) is 1. The molecule has 1 aliphatic heterocycles. The van der Waals surface area contributed by atoms with E-state index >= 15 is 0 Å². The zero-order valence-electron chi connectivity index (χ0n) is 11.9. The molecule has 1 saturated heterocycles. The Morgan fingerprint density at radius 3 is 2.67 bits per heavy atom. The molecule has 0 aliphatic carbocycles. The maximum atomic E-state index is 12.0. The second kappa shape index (κ2) is 5.94. The summed E-state index contributed by atoms with van der Waals surface area (Å²) in [6.07, 6.45) is 0. The predicted octanol–water partition coefficient (Wildman–Crippen LogP) is 1.03. The highest BCUT2D eigenvalue weighted by Gasteiger charge is 2.37. The maximum absolute atomic E-state index is 12.0. The van der Waals surface area contributed by atoms with Gasteiger partial charge >= 0.3 is 5.88 Å². The number of carbonyl (C=O) groups excluding carboxylic acids is 2. The lowest BCUT2D eigenvalue weighted by molar-refractivity contribution is -0.402. The van der Waals surface area contributed by atoms with Crippen molar-refractivity contribution in [3.05, 3.63) is 28.0 Å². The lowest BCUT2D eigenvalue weighted by atomic mass is 9.98. The molecule has 0 bridgehead atoms. The molecule has 0 saturated carbocycles. The molecule has 0 radical (unpaired) electrons. The van der Waals surface area contributed by atoms with Crippen molar-refractivity contribution in [3.8, 4) is 0 Å². The highest BCUT2D eigenvalue weighted by molar-refractivity contribution is 5.94. The van der Waals surface area contributed by atoms with Crippen LogP contribution in [0.4, 0.5) is 5.88 Å². The van der Waals surface area contributed by atoms with E-state index in [1.54, 1.807) is 0 Å². The summed E-state index contributed by atoms with van der Waals surface area (Å²) >= 11 is 0. The van der Waals surface area contributed by atoms with Gasteiger partial charge in [-0.3, -0.25) is 19.7 Å². The standard InChI is InChI=1S/C13H17N3O5/c1-8(2)5-14-12(17)9-6-15(7-9)13(18)10-3-4-11(21-10)16(19)20/h3-4,8-9H,5-7H2,1-2H3,(H,14,17). The first-order valence-corrected chi connectivity index (χ1v) is 6.69. The van der Waals surface area contributed by atoms with Gasteiger partial charge in [0.15, 0.2) is 5.76 Å². The topological polar surface area (TPSA) is 106 Å². The highest BCUT2D eigenvalue weighted by Crippen LogP contribution is 2.22. The minimum Gasteiger partial charge on any atom is -0.395 e. The van der Waals surface area contributed by atoms with Gasteiger partial charge < -0.3 is 14.6 Å². The molecule has 0 atom stereocenters. The predicted molar refractivity (Wildman–Crippen MR) is 72.6 cm³/mol.